The lowest BCUT2D eigenvalue weighted by molar-refractivity contribution is 1.18. The molecule has 0 saturated heterocycles. The molecule has 10 aromatic carbocycles. The van der Waals surface area contributed by atoms with Crippen LogP contribution in [0.15, 0.2) is 249 Å². The summed E-state index contributed by atoms with van der Waals surface area (Å²) in [7, 11) is -4.23. The molecule has 0 N–H and O–H groups in total. The fourth-order valence-electron chi connectivity index (χ4n) is 11.0. The van der Waals surface area contributed by atoms with E-state index in [1.165, 1.54) is 96.7 Å². The van der Waals surface area contributed by atoms with Crippen LogP contribution in [0.5, 0.6) is 0 Å². The monoisotopic (exact) mass is 845 g/mol. The summed E-state index contributed by atoms with van der Waals surface area (Å²) in [6.07, 6.45) is 0. The highest BCUT2D eigenvalue weighted by atomic mass is 28.3. The van der Waals surface area contributed by atoms with Gasteiger partial charge in [0.2, 0.25) is 0 Å². The molecule has 1 aliphatic rings. The minimum Gasteiger partial charge on any atom is -0.309 e. The van der Waals surface area contributed by atoms with Crippen molar-refractivity contribution in [2.45, 2.75) is 0 Å². The first kappa shape index (κ1) is 36.8. The summed E-state index contributed by atoms with van der Waals surface area (Å²) in [5.74, 6) is 0. The zero-order chi connectivity index (χ0) is 42.2. The second-order valence-electron chi connectivity index (χ2n) is 17.0. The first-order valence-corrected chi connectivity index (χ1v) is 25.7. The average Bonchev–Trinajstić information content (AvgIpc) is 4.00. The average molecular weight is 846 g/mol. The highest BCUT2D eigenvalue weighted by Gasteiger charge is 2.42. The van der Waals surface area contributed by atoms with Crippen molar-refractivity contribution >= 4 is 96.8 Å². The number of hydrogen-bond acceptors (Lipinski definition) is 0. The fourth-order valence-corrected chi connectivity index (χ4v) is 18.8. The van der Waals surface area contributed by atoms with Crippen molar-refractivity contribution in [2.75, 3.05) is 0 Å². The van der Waals surface area contributed by atoms with Crippen molar-refractivity contribution in [3.63, 3.8) is 0 Å². The number of hydrogen-bond donors (Lipinski definition) is 0. The third-order valence-corrected chi connectivity index (χ3v) is 21.3. The van der Waals surface area contributed by atoms with Gasteiger partial charge in [-0.25, -0.2) is 0 Å². The van der Waals surface area contributed by atoms with Gasteiger partial charge < -0.3 is 9.13 Å². The van der Waals surface area contributed by atoms with Crippen molar-refractivity contribution < 1.29 is 0 Å². The third-order valence-electron chi connectivity index (χ3n) is 13.7. The fraction of sp³-hybridized carbons (Fsp3) is 0. The van der Waals surface area contributed by atoms with Gasteiger partial charge in [0, 0.05) is 32.9 Å². The molecule has 3 heterocycles. The second kappa shape index (κ2) is 14.7. The molecule has 13 rings (SSSR count). The molecule has 0 unspecified atom stereocenters. The van der Waals surface area contributed by atoms with Crippen molar-refractivity contribution in [3.05, 3.63) is 249 Å². The molecule has 0 bridgehead atoms. The molecule has 299 valence electrons. The van der Waals surface area contributed by atoms with E-state index in [0.717, 1.165) is 5.69 Å². The first-order chi connectivity index (χ1) is 31.8. The maximum atomic E-state index is 2.55. The second-order valence-corrected chi connectivity index (χ2v) is 23.2. The van der Waals surface area contributed by atoms with E-state index in [9.17, 15) is 0 Å². The van der Waals surface area contributed by atoms with E-state index in [-0.39, 0.29) is 0 Å². The maximum absolute atomic E-state index is 3.01. The Morgan fingerprint density at radius 3 is 1.48 bits per heavy atom. The van der Waals surface area contributed by atoms with Crippen molar-refractivity contribution in [3.8, 4) is 22.5 Å². The number of para-hydroxylation sites is 3. The van der Waals surface area contributed by atoms with Crippen LogP contribution in [-0.4, -0.2) is 26.0 Å². The van der Waals surface area contributed by atoms with Crippen LogP contribution >= 0.6 is 0 Å². The van der Waals surface area contributed by atoms with Gasteiger partial charge in [-0.3, -0.25) is 0 Å². The number of aromatic nitrogens is 2. The molecule has 0 atom stereocenters. The van der Waals surface area contributed by atoms with E-state index < -0.39 is 16.9 Å². The summed E-state index contributed by atoms with van der Waals surface area (Å²) >= 11 is 0. The van der Waals surface area contributed by atoms with Crippen LogP contribution in [0, 0.1) is 0 Å². The lowest BCUT2D eigenvalue weighted by Gasteiger charge is -2.35. The summed E-state index contributed by atoms with van der Waals surface area (Å²) in [5, 5.41) is 14.9. The normalized spacial score (nSPS) is 12.6. The molecular weight excluding hydrogens is 805 g/mol. The summed E-state index contributed by atoms with van der Waals surface area (Å²) in [6.45, 7) is 0. The number of fused-ring (bicyclic) bond motifs is 9. The molecule has 2 nitrogen and oxygen atoms in total. The molecule has 0 spiro atoms. The Kier molecular flexibility index (Phi) is 8.45. The summed E-state index contributed by atoms with van der Waals surface area (Å²) in [4.78, 5) is 0. The van der Waals surface area contributed by atoms with Crippen LogP contribution < -0.4 is 36.3 Å². The zero-order valence-corrected chi connectivity index (χ0v) is 37.1. The van der Waals surface area contributed by atoms with E-state index >= 15 is 0 Å². The van der Waals surface area contributed by atoms with Crippen molar-refractivity contribution in [1.29, 1.82) is 0 Å². The van der Waals surface area contributed by atoms with Gasteiger partial charge in [-0.05, 0) is 96.8 Å². The summed E-state index contributed by atoms with van der Waals surface area (Å²) in [5.41, 5.74) is 10.0. The molecule has 1 aliphatic heterocycles. The highest BCUT2D eigenvalue weighted by Crippen LogP contribution is 2.36. The van der Waals surface area contributed by atoms with E-state index in [1.807, 2.05) is 0 Å². The van der Waals surface area contributed by atoms with Crippen LogP contribution in [0.2, 0.25) is 0 Å². The number of rotatable bonds is 7. The molecule has 0 amide bonds. The topological polar surface area (TPSA) is 9.86 Å². The molecule has 12 aromatic rings. The Bertz CT molecular complexity index is 3680. The van der Waals surface area contributed by atoms with Crippen LogP contribution in [0.1, 0.15) is 0 Å². The summed E-state index contributed by atoms with van der Waals surface area (Å²) < 4.78 is 5.01. The maximum Gasteiger partial charge on any atom is 0.179 e. The standard InChI is InChI=1S/C60H41N2Si2/c1-5-20-42(21-6-1)61-55-33-16-13-30-49(55)51-37-36-48(39-57(51)61)64(45-25-9-3-10-26-45,46-27-11-4-12-28-46)47-29-19-22-43(38-47)62-56-34-17-14-31-50(56)53-40-54-52-32-15-18-35-59(52)63(60(54)41-58(53)62)44-23-7-2-8-24-44/h1-41H. The predicted octanol–water partition coefficient (Wildman–Crippen LogP) is 9.75. The predicted molar refractivity (Wildman–Crippen MR) is 275 cm³/mol. The Morgan fingerprint density at radius 2 is 0.781 bits per heavy atom. The smallest absolute Gasteiger partial charge is 0.179 e. The van der Waals surface area contributed by atoms with Crippen molar-refractivity contribution in [2.24, 2.45) is 0 Å². The van der Waals surface area contributed by atoms with Gasteiger partial charge >= 0.3 is 0 Å². The van der Waals surface area contributed by atoms with Crippen LogP contribution in [-0.2, 0) is 0 Å². The lowest BCUT2D eigenvalue weighted by Crippen LogP contribution is -2.74. The van der Waals surface area contributed by atoms with Gasteiger partial charge in [0.15, 0.2) is 16.9 Å². The lowest BCUT2D eigenvalue weighted by atomic mass is 10.0. The third kappa shape index (κ3) is 5.43. The largest absolute Gasteiger partial charge is 0.309 e. The molecular formula is C60H41N2Si2. The molecule has 0 aliphatic carbocycles. The molecule has 4 heteroatoms. The van der Waals surface area contributed by atoms with Gasteiger partial charge in [0.1, 0.15) is 0 Å². The first-order valence-electron chi connectivity index (χ1n) is 22.2. The molecule has 64 heavy (non-hydrogen) atoms. The quantitative estimate of drug-likeness (QED) is 0.112. The van der Waals surface area contributed by atoms with Gasteiger partial charge in [-0.15, -0.1) is 0 Å². The zero-order valence-electron chi connectivity index (χ0n) is 35.1. The molecule has 2 aromatic heterocycles. The van der Waals surface area contributed by atoms with Gasteiger partial charge in [-0.1, -0.05) is 199 Å². The van der Waals surface area contributed by atoms with E-state index in [1.54, 1.807) is 0 Å². The van der Waals surface area contributed by atoms with E-state index in [0.29, 0.717) is 0 Å². The minimum absolute atomic E-state index is 1.16. The SMILES string of the molecule is c1ccc(-n2c3ccccc3c3ccc([Si](c4ccccc4)(c4ccccc4)c4cccc(-n5c6ccccc6c6cc7c(cc65)[Si](c5ccccc5)c5ccccc5-7)c4)cc32)cc1. The Morgan fingerprint density at radius 1 is 0.281 bits per heavy atom. The van der Waals surface area contributed by atoms with Gasteiger partial charge in [0.25, 0.3) is 0 Å². The Hall–Kier alpha value is -7.77. The summed E-state index contributed by atoms with van der Waals surface area (Å²) in [6, 6.07) is 93.7. The molecule has 0 fully saturated rings. The number of nitrogens with zero attached hydrogens (tertiary/aromatic N) is 2. The highest BCUT2D eigenvalue weighted by molar-refractivity contribution is 7.20. The Balaban J connectivity index is 1.10. The van der Waals surface area contributed by atoms with Crippen molar-refractivity contribution in [1.82, 2.24) is 9.13 Å². The minimum atomic E-state index is -3.01. The molecule has 0 saturated carbocycles. The van der Waals surface area contributed by atoms with Crippen LogP contribution in [0.25, 0.3) is 66.1 Å². The van der Waals surface area contributed by atoms with Crippen LogP contribution in [0.4, 0.5) is 0 Å². The molecule has 1 radical (unpaired) electrons. The van der Waals surface area contributed by atoms with Crippen LogP contribution in [0.3, 0.4) is 0 Å². The van der Waals surface area contributed by atoms with Gasteiger partial charge in [0.05, 0.1) is 22.1 Å². The van der Waals surface area contributed by atoms with E-state index in [4.69, 9.17) is 0 Å². The van der Waals surface area contributed by atoms with E-state index in [2.05, 4.69) is 258 Å². The van der Waals surface area contributed by atoms with Gasteiger partial charge in [-0.2, -0.15) is 0 Å². The Labute approximate surface area is 375 Å². The number of benzene rings is 10.